The van der Waals surface area contributed by atoms with Crippen molar-refractivity contribution in [2.24, 2.45) is 0 Å². The van der Waals surface area contributed by atoms with E-state index in [2.05, 4.69) is 0 Å². The molecule has 1 heterocycles. The van der Waals surface area contributed by atoms with E-state index in [4.69, 9.17) is 11.6 Å². The number of aryl methyl sites for hydroxylation is 1. The second-order valence-corrected chi connectivity index (χ2v) is 7.80. The highest BCUT2D eigenvalue weighted by molar-refractivity contribution is 7.90. The second-order valence-electron chi connectivity index (χ2n) is 5.33. The van der Waals surface area contributed by atoms with Crippen LogP contribution in [0.2, 0.25) is 0 Å². The molecule has 114 valence electrons. The zero-order valence-corrected chi connectivity index (χ0v) is 13.9. The van der Waals surface area contributed by atoms with Crippen LogP contribution in [0.15, 0.2) is 59.6 Å². The van der Waals surface area contributed by atoms with Gasteiger partial charge in [-0.1, -0.05) is 35.9 Å². The Hall–Kier alpha value is -1.78. The van der Waals surface area contributed by atoms with Gasteiger partial charge in [-0.15, -0.1) is 11.6 Å². The molecule has 0 aliphatic rings. The first kappa shape index (κ1) is 15.1. The number of alkyl halides is 1. The van der Waals surface area contributed by atoms with E-state index >= 15 is 0 Å². The summed E-state index contributed by atoms with van der Waals surface area (Å²) in [5.74, 6) is 0. The molecule has 0 radical (unpaired) electrons. The predicted molar refractivity (Wildman–Crippen MR) is 90.0 cm³/mol. The van der Waals surface area contributed by atoms with Crippen LogP contribution in [-0.2, 0) is 10.0 Å². The lowest BCUT2D eigenvalue weighted by Crippen LogP contribution is -2.11. The Balaban J connectivity index is 2.27. The Morgan fingerprint density at radius 2 is 1.68 bits per heavy atom. The van der Waals surface area contributed by atoms with Gasteiger partial charge in [0.15, 0.2) is 0 Å². The van der Waals surface area contributed by atoms with Gasteiger partial charge in [0.1, 0.15) is 0 Å². The minimum absolute atomic E-state index is 0.264. The van der Waals surface area contributed by atoms with Crippen LogP contribution in [0.3, 0.4) is 0 Å². The van der Waals surface area contributed by atoms with E-state index in [1.807, 2.05) is 32.0 Å². The molecule has 1 aromatic heterocycles. The lowest BCUT2D eigenvalue weighted by Gasteiger charge is -2.07. The molecular formula is C17H16ClNO2S. The fourth-order valence-electron chi connectivity index (χ4n) is 2.51. The van der Waals surface area contributed by atoms with Crippen molar-refractivity contribution in [2.45, 2.75) is 24.1 Å². The molecule has 3 aromatic rings. The van der Waals surface area contributed by atoms with Crippen molar-refractivity contribution in [1.82, 2.24) is 3.97 Å². The van der Waals surface area contributed by atoms with Gasteiger partial charge in [-0.25, -0.2) is 12.4 Å². The molecular weight excluding hydrogens is 318 g/mol. The average Bonchev–Trinajstić information content (AvgIpc) is 2.88. The van der Waals surface area contributed by atoms with Gasteiger partial charge in [-0.05, 0) is 37.6 Å². The van der Waals surface area contributed by atoms with E-state index in [-0.39, 0.29) is 10.3 Å². The van der Waals surface area contributed by atoms with E-state index < -0.39 is 10.0 Å². The van der Waals surface area contributed by atoms with Gasteiger partial charge in [0, 0.05) is 11.6 Å². The van der Waals surface area contributed by atoms with Crippen molar-refractivity contribution in [2.75, 3.05) is 0 Å². The van der Waals surface area contributed by atoms with Crippen molar-refractivity contribution < 1.29 is 8.42 Å². The van der Waals surface area contributed by atoms with Crippen LogP contribution < -0.4 is 0 Å². The summed E-state index contributed by atoms with van der Waals surface area (Å²) in [5.41, 5.74) is 2.48. The van der Waals surface area contributed by atoms with Gasteiger partial charge in [0.2, 0.25) is 0 Å². The summed E-state index contributed by atoms with van der Waals surface area (Å²) in [7, 11) is -3.64. The molecule has 2 aromatic carbocycles. The standard InChI is InChI=1S/C17H16ClNO2S/c1-12-7-9-14(10-8-12)22(20,21)19-11-16(13(2)18)15-5-3-4-6-17(15)19/h3-11,13H,1-2H3. The second kappa shape index (κ2) is 5.45. The monoisotopic (exact) mass is 333 g/mol. The highest BCUT2D eigenvalue weighted by Gasteiger charge is 2.22. The Morgan fingerprint density at radius 1 is 1.05 bits per heavy atom. The molecule has 0 bridgehead atoms. The highest BCUT2D eigenvalue weighted by atomic mass is 35.5. The quantitative estimate of drug-likeness (QED) is 0.662. The molecule has 3 rings (SSSR count). The van der Waals surface area contributed by atoms with E-state index in [1.165, 1.54) is 3.97 Å². The first-order valence-corrected chi connectivity index (χ1v) is 8.85. The zero-order valence-electron chi connectivity index (χ0n) is 12.3. The molecule has 0 saturated heterocycles. The third-order valence-electron chi connectivity index (χ3n) is 3.72. The molecule has 0 fully saturated rings. The van der Waals surface area contributed by atoms with Crippen LogP contribution in [0.5, 0.6) is 0 Å². The predicted octanol–water partition coefficient (Wildman–Crippen LogP) is 4.49. The van der Waals surface area contributed by atoms with E-state index in [0.717, 1.165) is 16.5 Å². The van der Waals surface area contributed by atoms with Crippen molar-refractivity contribution in [3.8, 4) is 0 Å². The highest BCUT2D eigenvalue weighted by Crippen LogP contribution is 2.32. The van der Waals surface area contributed by atoms with E-state index in [1.54, 1.807) is 36.5 Å². The minimum Gasteiger partial charge on any atom is -0.241 e. The van der Waals surface area contributed by atoms with Crippen LogP contribution in [-0.4, -0.2) is 12.4 Å². The van der Waals surface area contributed by atoms with Crippen molar-refractivity contribution >= 4 is 32.5 Å². The molecule has 0 N–H and O–H groups in total. The molecule has 1 atom stereocenters. The Kier molecular flexibility index (Phi) is 3.75. The molecule has 0 aliphatic heterocycles. The zero-order chi connectivity index (χ0) is 15.9. The maximum atomic E-state index is 12.9. The van der Waals surface area contributed by atoms with Gasteiger partial charge in [0.25, 0.3) is 10.0 Å². The maximum absolute atomic E-state index is 12.9. The van der Waals surface area contributed by atoms with E-state index in [0.29, 0.717) is 5.52 Å². The van der Waals surface area contributed by atoms with Crippen molar-refractivity contribution in [3.05, 3.63) is 65.9 Å². The molecule has 0 saturated carbocycles. The van der Waals surface area contributed by atoms with Gasteiger partial charge >= 0.3 is 0 Å². The lowest BCUT2D eigenvalue weighted by molar-refractivity contribution is 0.589. The smallest absolute Gasteiger partial charge is 0.241 e. The molecule has 0 aliphatic carbocycles. The minimum atomic E-state index is -3.64. The van der Waals surface area contributed by atoms with Gasteiger partial charge in [0.05, 0.1) is 15.8 Å². The van der Waals surface area contributed by atoms with Gasteiger partial charge in [-0.2, -0.15) is 0 Å². The Morgan fingerprint density at radius 3 is 2.32 bits per heavy atom. The lowest BCUT2D eigenvalue weighted by atomic mass is 10.1. The fraction of sp³-hybridized carbons (Fsp3) is 0.176. The van der Waals surface area contributed by atoms with Crippen molar-refractivity contribution in [3.63, 3.8) is 0 Å². The summed E-state index contributed by atoms with van der Waals surface area (Å²) in [4.78, 5) is 0.271. The molecule has 0 amide bonds. The molecule has 0 spiro atoms. The Labute approximate surface area is 135 Å². The number of para-hydroxylation sites is 1. The van der Waals surface area contributed by atoms with Gasteiger partial charge in [-0.3, -0.25) is 0 Å². The number of aromatic nitrogens is 1. The summed E-state index contributed by atoms with van der Waals surface area (Å²) in [6.45, 7) is 3.76. The number of hydrogen-bond acceptors (Lipinski definition) is 2. The number of hydrogen-bond donors (Lipinski definition) is 0. The van der Waals surface area contributed by atoms with Gasteiger partial charge < -0.3 is 0 Å². The third kappa shape index (κ3) is 2.42. The molecule has 1 unspecified atom stereocenters. The molecule has 22 heavy (non-hydrogen) atoms. The number of nitrogens with zero attached hydrogens (tertiary/aromatic N) is 1. The fourth-order valence-corrected chi connectivity index (χ4v) is 4.07. The number of halogens is 1. The number of benzene rings is 2. The number of rotatable bonds is 3. The van der Waals surface area contributed by atoms with Crippen LogP contribution in [0.1, 0.15) is 23.4 Å². The van der Waals surface area contributed by atoms with E-state index in [9.17, 15) is 8.42 Å². The largest absolute Gasteiger partial charge is 0.268 e. The Bertz CT molecular complexity index is 925. The first-order chi connectivity index (χ1) is 10.4. The molecule has 3 nitrogen and oxygen atoms in total. The maximum Gasteiger partial charge on any atom is 0.268 e. The topological polar surface area (TPSA) is 39.1 Å². The van der Waals surface area contributed by atoms with Crippen LogP contribution in [0.25, 0.3) is 10.9 Å². The van der Waals surface area contributed by atoms with Crippen LogP contribution >= 0.6 is 11.6 Å². The SMILES string of the molecule is Cc1ccc(S(=O)(=O)n2cc(C(C)Cl)c3ccccc32)cc1. The summed E-state index contributed by atoms with van der Waals surface area (Å²) in [6.07, 6.45) is 1.62. The summed E-state index contributed by atoms with van der Waals surface area (Å²) < 4.78 is 27.2. The van der Waals surface area contributed by atoms with Crippen molar-refractivity contribution in [1.29, 1.82) is 0 Å². The van der Waals surface area contributed by atoms with Crippen LogP contribution in [0.4, 0.5) is 0 Å². The number of fused-ring (bicyclic) bond motifs is 1. The normalized spacial score (nSPS) is 13.4. The summed E-state index contributed by atoms with van der Waals surface area (Å²) in [6, 6.07) is 14.2. The molecule has 5 heteroatoms. The summed E-state index contributed by atoms with van der Waals surface area (Å²) in [5, 5.41) is 0.597. The average molecular weight is 334 g/mol. The third-order valence-corrected chi connectivity index (χ3v) is 5.64. The summed E-state index contributed by atoms with van der Waals surface area (Å²) >= 11 is 6.20. The first-order valence-electron chi connectivity index (χ1n) is 6.97. The van der Waals surface area contributed by atoms with Crippen LogP contribution in [0, 0.1) is 6.92 Å².